The first-order chi connectivity index (χ1) is 8.40. The molecule has 0 spiro atoms. The van der Waals surface area contributed by atoms with Crippen molar-refractivity contribution in [3.63, 3.8) is 0 Å². The lowest BCUT2D eigenvalue weighted by atomic mass is 10.2. The summed E-state index contributed by atoms with van der Waals surface area (Å²) in [6.45, 7) is 1.74. The standard InChI is InChI=1S/C12H18N4O/c1-17-10-6-2-4-8-13-12-14-11-7-3-5-9-16(11)15-12/h3,5,7,9H,2,4,6,8,10H2,1H3,(H,13,15). The Morgan fingerprint density at radius 2 is 2.24 bits per heavy atom. The quantitative estimate of drug-likeness (QED) is 0.744. The van der Waals surface area contributed by atoms with Gasteiger partial charge in [-0.05, 0) is 31.4 Å². The largest absolute Gasteiger partial charge is 0.385 e. The van der Waals surface area contributed by atoms with Gasteiger partial charge in [0, 0.05) is 26.5 Å². The Hall–Kier alpha value is -1.62. The van der Waals surface area contributed by atoms with Crippen LogP contribution < -0.4 is 5.32 Å². The Balaban J connectivity index is 1.75. The molecule has 0 atom stereocenters. The average Bonchev–Trinajstić information content (AvgIpc) is 2.76. The van der Waals surface area contributed by atoms with Crippen LogP contribution in [0.3, 0.4) is 0 Å². The highest BCUT2D eigenvalue weighted by Gasteiger charge is 2.00. The molecule has 0 aliphatic heterocycles. The van der Waals surface area contributed by atoms with Crippen molar-refractivity contribution < 1.29 is 4.74 Å². The van der Waals surface area contributed by atoms with Crippen LogP contribution in [0.1, 0.15) is 19.3 Å². The third kappa shape index (κ3) is 3.42. The Labute approximate surface area is 101 Å². The van der Waals surface area contributed by atoms with Gasteiger partial charge in [-0.1, -0.05) is 6.07 Å². The molecule has 0 unspecified atom stereocenters. The predicted molar refractivity (Wildman–Crippen MR) is 67.2 cm³/mol. The van der Waals surface area contributed by atoms with Gasteiger partial charge in [0.05, 0.1) is 0 Å². The second-order valence-corrected chi connectivity index (χ2v) is 3.92. The van der Waals surface area contributed by atoms with E-state index in [1.54, 1.807) is 11.6 Å². The number of aromatic nitrogens is 3. The molecule has 0 radical (unpaired) electrons. The minimum Gasteiger partial charge on any atom is -0.385 e. The summed E-state index contributed by atoms with van der Waals surface area (Å²) in [6, 6.07) is 5.84. The van der Waals surface area contributed by atoms with Gasteiger partial charge in [0.15, 0.2) is 5.65 Å². The highest BCUT2D eigenvalue weighted by molar-refractivity contribution is 5.42. The first kappa shape index (κ1) is 11.9. The first-order valence-corrected chi connectivity index (χ1v) is 5.94. The van der Waals surface area contributed by atoms with Crippen molar-refractivity contribution in [1.29, 1.82) is 0 Å². The van der Waals surface area contributed by atoms with Gasteiger partial charge < -0.3 is 10.1 Å². The lowest BCUT2D eigenvalue weighted by molar-refractivity contribution is 0.192. The normalized spacial score (nSPS) is 10.9. The van der Waals surface area contributed by atoms with E-state index in [9.17, 15) is 0 Å². The van der Waals surface area contributed by atoms with E-state index < -0.39 is 0 Å². The second kappa shape index (κ2) is 6.20. The molecule has 2 aromatic heterocycles. The van der Waals surface area contributed by atoms with E-state index in [2.05, 4.69) is 15.4 Å². The maximum absolute atomic E-state index is 5.00. The summed E-state index contributed by atoms with van der Waals surface area (Å²) < 4.78 is 6.77. The Kier molecular flexibility index (Phi) is 4.32. The van der Waals surface area contributed by atoms with Gasteiger partial charge in [-0.2, -0.15) is 4.98 Å². The van der Waals surface area contributed by atoms with E-state index in [4.69, 9.17) is 4.74 Å². The van der Waals surface area contributed by atoms with E-state index >= 15 is 0 Å². The van der Waals surface area contributed by atoms with Crippen LogP contribution in [0.4, 0.5) is 5.95 Å². The molecule has 0 aromatic carbocycles. The summed E-state index contributed by atoms with van der Waals surface area (Å²) in [7, 11) is 1.73. The number of fused-ring (bicyclic) bond motifs is 1. The molecule has 0 aliphatic rings. The highest BCUT2D eigenvalue weighted by atomic mass is 16.5. The molecule has 0 aliphatic carbocycles. The third-order valence-corrected chi connectivity index (χ3v) is 2.55. The molecule has 0 fully saturated rings. The van der Waals surface area contributed by atoms with Gasteiger partial charge in [0.1, 0.15) is 0 Å². The minimum atomic E-state index is 0.697. The zero-order valence-corrected chi connectivity index (χ0v) is 10.1. The number of nitrogens with one attached hydrogen (secondary N) is 1. The topological polar surface area (TPSA) is 51.5 Å². The van der Waals surface area contributed by atoms with Gasteiger partial charge >= 0.3 is 0 Å². The van der Waals surface area contributed by atoms with Crippen LogP contribution in [0.25, 0.3) is 5.65 Å². The monoisotopic (exact) mass is 234 g/mol. The van der Waals surface area contributed by atoms with Gasteiger partial charge in [-0.3, -0.25) is 0 Å². The van der Waals surface area contributed by atoms with Crippen molar-refractivity contribution >= 4 is 11.6 Å². The first-order valence-electron chi connectivity index (χ1n) is 5.94. The third-order valence-electron chi connectivity index (χ3n) is 2.55. The zero-order chi connectivity index (χ0) is 11.9. The number of rotatable bonds is 7. The van der Waals surface area contributed by atoms with Crippen LogP contribution in [-0.4, -0.2) is 34.9 Å². The number of ether oxygens (including phenoxy) is 1. The highest BCUT2D eigenvalue weighted by Crippen LogP contribution is 2.04. The van der Waals surface area contributed by atoms with Crippen molar-refractivity contribution in [2.24, 2.45) is 0 Å². The van der Waals surface area contributed by atoms with Crippen molar-refractivity contribution in [2.75, 3.05) is 25.6 Å². The SMILES string of the molecule is COCCCCCNc1nc2ccccn2n1. The van der Waals surface area contributed by atoms with Crippen LogP contribution in [0, 0.1) is 0 Å². The molecule has 17 heavy (non-hydrogen) atoms. The molecule has 2 rings (SSSR count). The molecule has 1 N–H and O–H groups in total. The van der Waals surface area contributed by atoms with Crippen LogP contribution in [0.2, 0.25) is 0 Å². The maximum atomic E-state index is 5.00. The minimum absolute atomic E-state index is 0.697. The summed E-state index contributed by atoms with van der Waals surface area (Å²) >= 11 is 0. The van der Waals surface area contributed by atoms with Gasteiger partial charge in [0.25, 0.3) is 0 Å². The van der Waals surface area contributed by atoms with E-state index in [0.717, 1.165) is 38.1 Å². The maximum Gasteiger partial charge on any atom is 0.243 e. The van der Waals surface area contributed by atoms with Crippen molar-refractivity contribution in [3.8, 4) is 0 Å². The van der Waals surface area contributed by atoms with Crippen LogP contribution in [-0.2, 0) is 4.74 Å². The number of hydrogen-bond acceptors (Lipinski definition) is 4. The summed E-state index contributed by atoms with van der Waals surface area (Å²) in [5, 5.41) is 7.54. The smallest absolute Gasteiger partial charge is 0.243 e. The van der Waals surface area contributed by atoms with E-state index in [1.165, 1.54) is 0 Å². The number of hydrogen-bond donors (Lipinski definition) is 1. The molecular formula is C12H18N4O. The van der Waals surface area contributed by atoms with Crippen LogP contribution >= 0.6 is 0 Å². The molecule has 0 saturated carbocycles. The molecule has 5 heteroatoms. The number of unbranched alkanes of at least 4 members (excludes halogenated alkanes) is 2. The van der Waals surface area contributed by atoms with Crippen molar-refractivity contribution in [1.82, 2.24) is 14.6 Å². The lowest BCUT2D eigenvalue weighted by Crippen LogP contribution is -2.03. The van der Waals surface area contributed by atoms with E-state index in [-0.39, 0.29) is 0 Å². The molecule has 0 amide bonds. The number of methoxy groups -OCH3 is 1. The fraction of sp³-hybridized carbons (Fsp3) is 0.500. The molecule has 2 heterocycles. The van der Waals surface area contributed by atoms with E-state index in [1.807, 2.05) is 24.4 Å². The molecule has 5 nitrogen and oxygen atoms in total. The summed E-state index contributed by atoms with van der Waals surface area (Å²) in [4.78, 5) is 4.36. The fourth-order valence-corrected chi connectivity index (χ4v) is 1.65. The summed E-state index contributed by atoms with van der Waals surface area (Å²) in [5.41, 5.74) is 0.870. The Morgan fingerprint density at radius 3 is 3.06 bits per heavy atom. The van der Waals surface area contributed by atoms with Gasteiger partial charge in [0.2, 0.25) is 5.95 Å². The van der Waals surface area contributed by atoms with E-state index in [0.29, 0.717) is 5.95 Å². The van der Waals surface area contributed by atoms with Crippen molar-refractivity contribution in [3.05, 3.63) is 24.4 Å². The molecule has 0 saturated heterocycles. The Bertz CT molecular complexity index is 421. The number of anilines is 1. The molecule has 0 bridgehead atoms. The summed E-state index contributed by atoms with van der Waals surface area (Å²) in [6.07, 6.45) is 5.27. The molecule has 92 valence electrons. The summed E-state index contributed by atoms with van der Waals surface area (Å²) in [5.74, 6) is 0.697. The van der Waals surface area contributed by atoms with Gasteiger partial charge in [-0.25, -0.2) is 4.52 Å². The number of nitrogens with zero attached hydrogens (tertiary/aromatic N) is 3. The molecule has 2 aromatic rings. The zero-order valence-electron chi connectivity index (χ0n) is 10.1. The second-order valence-electron chi connectivity index (χ2n) is 3.92. The van der Waals surface area contributed by atoms with Crippen LogP contribution in [0.5, 0.6) is 0 Å². The predicted octanol–water partition coefficient (Wildman–Crippen LogP) is 1.96. The van der Waals surface area contributed by atoms with Crippen molar-refractivity contribution in [2.45, 2.75) is 19.3 Å². The van der Waals surface area contributed by atoms with Gasteiger partial charge in [-0.15, -0.1) is 5.10 Å². The number of pyridine rings is 1. The van der Waals surface area contributed by atoms with Crippen LogP contribution in [0.15, 0.2) is 24.4 Å². The Morgan fingerprint density at radius 1 is 1.29 bits per heavy atom. The fourth-order valence-electron chi connectivity index (χ4n) is 1.65. The average molecular weight is 234 g/mol. The lowest BCUT2D eigenvalue weighted by Gasteiger charge is -2.01. The molecular weight excluding hydrogens is 216 g/mol.